The summed E-state index contributed by atoms with van der Waals surface area (Å²) in [6.45, 7) is 3.92. The Morgan fingerprint density at radius 3 is 2.48 bits per heavy atom. The molecule has 0 aliphatic rings. The molecule has 0 saturated heterocycles. The predicted molar refractivity (Wildman–Crippen MR) is 107 cm³/mol. The van der Waals surface area contributed by atoms with Crippen molar-refractivity contribution in [1.29, 1.82) is 0 Å². The molecular formula is C20H19ClN4O2. The number of amides is 1. The van der Waals surface area contributed by atoms with E-state index in [9.17, 15) is 4.79 Å². The van der Waals surface area contributed by atoms with Crippen LogP contribution in [0.25, 0.3) is 0 Å². The highest BCUT2D eigenvalue weighted by Crippen LogP contribution is 2.28. The topological polar surface area (TPSA) is 76.1 Å². The molecule has 0 fully saturated rings. The largest absolute Gasteiger partial charge is 0.495 e. The fourth-order valence-electron chi connectivity index (χ4n) is 2.45. The zero-order valence-corrected chi connectivity index (χ0v) is 16.0. The summed E-state index contributed by atoms with van der Waals surface area (Å²) < 4.78 is 5.12. The molecule has 0 saturated carbocycles. The Hall–Kier alpha value is -3.12. The van der Waals surface area contributed by atoms with Crippen molar-refractivity contribution in [2.75, 3.05) is 17.7 Å². The van der Waals surface area contributed by atoms with Crippen LogP contribution in [0.2, 0.25) is 5.02 Å². The first-order valence-corrected chi connectivity index (χ1v) is 8.65. The Balaban J connectivity index is 1.70. The maximum absolute atomic E-state index is 12.4. The molecule has 1 amide bonds. The first-order valence-electron chi connectivity index (χ1n) is 8.27. The SMILES string of the molecule is COc1ccc(Nc2ncc(C(=O)Nc3cc(C)ccc3C)cn2)cc1Cl. The fourth-order valence-corrected chi connectivity index (χ4v) is 2.71. The average Bonchev–Trinajstić information content (AvgIpc) is 2.65. The van der Waals surface area contributed by atoms with E-state index in [1.165, 1.54) is 12.4 Å². The maximum Gasteiger partial charge on any atom is 0.258 e. The Morgan fingerprint density at radius 1 is 1.07 bits per heavy atom. The highest BCUT2D eigenvalue weighted by molar-refractivity contribution is 6.32. The van der Waals surface area contributed by atoms with Gasteiger partial charge in [0, 0.05) is 23.8 Å². The van der Waals surface area contributed by atoms with E-state index in [-0.39, 0.29) is 5.91 Å². The monoisotopic (exact) mass is 382 g/mol. The molecule has 2 aromatic carbocycles. The minimum absolute atomic E-state index is 0.261. The number of nitrogens with one attached hydrogen (secondary N) is 2. The molecule has 0 bridgehead atoms. The molecule has 1 heterocycles. The number of aryl methyl sites for hydroxylation is 2. The van der Waals surface area contributed by atoms with Crippen LogP contribution < -0.4 is 15.4 Å². The zero-order valence-electron chi connectivity index (χ0n) is 15.2. The summed E-state index contributed by atoms with van der Waals surface area (Å²) in [5.41, 5.74) is 3.92. The van der Waals surface area contributed by atoms with Crippen LogP contribution in [-0.4, -0.2) is 23.0 Å². The lowest BCUT2D eigenvalue weighted by Crippen LogP contribution is -2.14. The first-order chi connectivity index (χ1) is 13.0. The number of halogens is 1. The molecule has 2 N–H and O–H groups in total. The highest BCUT2D eigenvalue weighted by atomic mass is 35.5. The number of carbonyl (C=O) groups is 1. The molecule has 1 aromatic heterocycles. The van der Waals surface area contributed by atoms with Crippen molar-refractivity contribution >= 4 is 34.8 Å². The van der Waals surface area contributed by atoms with Crippen LogP contribution in [0.1, 0.15) is 21.5 Å². The summed E-state index contributed by atoms with van der Waals surface area (Å²) >= 11 is 6.10. The van der Waals surface area contributed by atoms with E-state index in [4.69, 9.17) is 16.3 Å². The van der Waals surface area contributed by atoms with Gasteiger partial charge in [0.15, 0.2) is 0 Å². The van der Waals surface area contributed by atoms with Crippen molar-refractivity contribution in [3.63, 3.8) is 0 Å². The van der Waals surface area contributed by atoms with Gasteiger partial charge >= 0.3 is 0 Å². The van der Waals surface area contributed by atoms with Gasteiger partial charge in [-0.25, -0.2) is 9.97 Å². The van der Waals surface area contributed by atoms with Gasteiger partial charge in [-0.3, -0.25) is 4.79 Å². The van der Waals surface area contributed by atoms with E-state index in [0.29, 0.717) is 28.0 Å². The standard InChI is InChI=1S/C20H19ClN4O2/c1-12-4-5-13(2)17(8-12)25-19(26)14-10-22-20(23-11-14)24-15-6-7-18(27-3)16(21)9-15/h4-11H,1-3H3,(H,25,26)(H,22,23,24). The van der Waals surface area contributed by atoms with Crippen molar-refractivity contribution in [1.82, 2.24) is 9.97 Å². The molecule has 0 unspecified atom stereocenters. The first kappa shape index (κ1) is 18.7. The molecular weight excluding hydrogens is 364 g/mol. The Bertz CT molecular complexity index is 974. The summed E-state index contributed by atoms with van der Waals surface area (Å²) in [5, 5.41) is 6.40. The van der Waals surface area contributed by atoms with Crippen LogP contribution in [0.5, 0.6) is 5.75 Å². The lowest BCUT2D eigenvalue weighted by Gasteiger charge is -2.10. The van der Waals surface area contributed by atoms with Crippen molar-refractivity contribution < 1.29 is 9.53 Å². The van der Waals surface area contributed by atoms with Crippen molar-refractivity contribution in [2.24, 2.45) is 0 Å². The fraction of sp³-hybridized carbons (Fsp3) is 0.150. The van der Waals surface area contributed by atoms with Gasteiger partial charge in [-0.2, -0.15) is 0 Å². The molecule has 0 atom stereocenters. The smallest absolute Gasteiger partial charge is 0.258 e. The van der Waals surface area contributed by atoms with Crippen molar-refractivity contribution in [2.45, 2.75) is 13.8 Å². The summed E-state index contributed by atoms with van der Waals surface area (Å²) in [6.07, 6.45) is 2.95. The Kier molecular flexibility index (Phi) is 5.57. The molecule has 7 heteroatoms. The van der Waals surface area contributed by atoms with Gasteiger partial charge in [-0.1, -0.05) is 23.7 Å². The van der Waals surface area contributed by atoms with Crippen molar-refractivity contribution in [3.05, 3.63) is 70.5 Å². The summed E-state index contributed by atoms with van der Waals surface area (Å²) in [7, 11) is 1.56. The van der Waals surface area contributed by atoms with Gasteiger partial charge in [0.05, 0.1) is 17.7 Å². The number of aromatic nitrogens is 2. The van der Waals surface area contributed by atoms with Crippen LogP contribution in [0, 0.1) is 13.8 Å². The normalized spacial score (nSPS) is 10.4. The molecule has 0 spiro atoms. The highest BCUT2D eigenvalue weighted by Gasteiger charge is 2.10. The maximum atomic E-state index is 12.4. The van der Waals surface area contributed by atoms with Crippen LogP contribution in [0.15, 0.2) is 48.8 Å². The number of anilines is 3. The molecule has 138 valence electrons. The number of hydrogen-bond acceptors (Lipinski definition) is 5. The molecule has 0 aliphatic heterocycles. The van der Waals surface area contributed by atoms with E-state index < -0.39 is 0 Å². The average molecular weight is 383 g/mol. The van der Waals surface area contributed by atoms with Crippen LogP contribution in [0.3, 0.4) is 0 Å². The second kappa shape index (κ2) is 8.05. The number of nitrogens with zero attached hydrogens (tertiary/aromatic N) is 2. The second-order valence-electron chi connectivity index (χ2n) is 6.04. The third-order valence-electron chi connectivity index (χ3n) is 3.96. The number of rotatable bonds is 5. The van der Waals surface area contributed by atoms with Gasteiger partial charge in [-0.05, 0) is 49.2 Å². The minimum atomic E-state index is -0.261. The van der Waals surface area contributed by atoms with Gasteiger partial charge in [0.2, 0.25) is 5.95 Å². The van der Waals surface area contributed by atoms with Gasteiger partial charge in [-0.15, -0.1) is 0 Å². The van der Waals surface area contributed by atoms with E-state index >= 15 is 0 Å². The van der Waals surface area contributed by atoms with Crippen LogP contribution >= 0.6 is 11.6 Å². The second-order valence-corrected chi connectivity index (χ2v) is 6.45. The van der Waals surface area contributed by atoms with E-state index in [1.54, 1.807) is 25.3 Å². The van der Waals surface area contributed by atoms with E-state index in [2.05, 4.69) is 20.6 Å². The number of carbonyl (C=O) groups excluding carboxylic acids is 1. The molecule has 3 aromatic rings. The Morgan fingerprint density at radius 2 is 1.81 bits per heavy atom. The molecule has 27 heavy (non-hydrogen) atoms. The third kappa shape index (κ3) is 4.54. The number of ether oxygens (including phenoxy) is 1. The molecule has 0 aliphatic carbocycles. The zero-order chi connectivity index (χ0) is 19.4. The van der Waals surface area contributed by atoms with Gasteiger partial charge < -0.3 is 15.4 Å². The molecule has 0 radical (unpaired) electrons. The number of hydrogen-bond donors (Lipinski definition) is 2. The van der Waals surface area contributed by atoms with E-state index in [1.807, 2.05) is 32.0 Å². The number of methoxy groups -OCH3 is 1. The van der Waals surface area contributed by atoms with Gasteiger partial charge in [0.25, 0.3) is 5.91 Å². The molecule has 6 nitrogen and oxygen atoms in total. The summed E-state index contributed by atoms with van der Waals surface area (Å²) in [4.78, 5) is 20.8. The lowest BCUT2D eigenvalue weighted by atomic mass is 10.1. The predicted octanol–water partition coefficient (Wildman–Crippen LogP) is 4.75. The third-order valence-corrected chi connectivity index (χ3v) is 4.26. The summed E-state index contributed by atoms with van der Waals surface area (Å²) in [5.74, 6) is 0.684. The lowest BCUT2D eigenvalue weighted by molar-refractivity contribution is 0.102. The van der Waals surface area contributed by atoms with Crippen LogP contribution in [-0.2, 0) is 0 Å². The van der Waals surface area contributed by atoms with Gasteiger partial charge in [0.1, 0.15) is 5.75 Å². The minimum Gasteiger partial charge on any atom is -0.495 e. The summed E-state index contributed by atoms with van der Waals surface area (Å²) in [6, 6.07) is 11.2. The Labute approximate surface area is 162 Å². The van der Waals surface area contributed by atoms with E-state index in [0.717, 1.165) is 16.8 Å². The van der Waals surface area contributed by atoms with Crippen molar-refractivity contribution in [3.8, 4) is 5.75 Å². The van der Waals surface area contributed by atoms with Crippen LogP contribution in [0.4, 0.5) is 17.3 Å². The molecule has 3 rings (SSSR count). The quantitative estimate of drug-likeness (QED) is 0.665. The number of benzene rings is 2.